The number of nitrogens with zero attached hydrogens (tertiary/aromatic N) is 4. The highest BCUT2D eigenvalue weighted by molar-refractivity contribution is 7.18. The smallest absolute Gasteiger partial charge is 0.141 e. The highest BCUT2D eigenvalue weighted by Gasteiger charge is 2.23. The molecule has 3 heterocycles. The van der Waals surface area contributed by atoms with E-state index in [0.717, 1.165) is 54.1 Å². The van der Waals surface area contributed by atoms with Gasteiger partial charge in [0, 0.05) is 48.2 Å². The number of thiophene rings is 1. The Labute approximate surface area is 192 Å². The van der Waals surface area contributed by atoms with Crippen LogP contribution in [0.4, 0.5) is 11.5 Å². The van der Waals surface area contributed by atoms with Gasteiger partial charge >= 0.3 is 0 Å². The first-order valence-corrected chi connectivity index (χ1v) is 11.8. The maximum atomic E-state index is 6.06. The first-order valence-electron chi connectivity index (χ1n) is 10.6. The van der Waals surface area contributed by atoms with Crippen LogP contribution in [0.1, 0.15) is 21.8 Å². The Balaban J connectivity index is 1.45. The molecule has 0 saturated carbocycles. The monoisotopic (exact) mass is 448 g/mol. The molecule has 2 aromatic carbocycles. The van der Waals surface area contributed by atoms with Gasteiger partial charge in [-0.1, -0.05) is 41.9 Å². The van der Waals surface area contributed by atoms with Crippen molar-refractivity contribution in [3.63, 3.8) is 0 Å². The van der Waals surface area contributed by atoms with Gasteiger partial charge in [-0.05, 0) is 49.2 Å². The Morgan fingerprint density at radius 1 is 0.871 bits per heavy atom. The molecule has 5 rings (SSSR count). The van der Waals surface area contributed by atoms with Gasteiger partial charge in [0.25, 0.3) is 0 Å². The van der Waals surface area contributed by atoms with Gasteiger partial charge in [0.1, 0.15) is 16.5 Å². The lowest BCUT2D eigenvalue weighted by molar-refractivity contribution is 0.647. The molecule has 1 saturated heterocycles. The fraction of sp³-hybridized carbons (Fsp3) is 0.280. The first kappa shape index (κ1) is 20.3. The third-order valence-corrected chi connectivity index (χ3v) is 7.39. The molecule has 6 heteroatoms. The summed E-state index contributed by atoms with van der Waals surface area (Å²) in [6.07, 6.45) is 0.754. The Morgan fingerprint density at radius 3 is 2.26 bits per heavy atom. The third-order valence-electron chi connectivity index (χ3n) is 6.03. The molecule has 2 aromatic heterocycles. The lowest BCUT2D eigenvalue weighted by atomic mass is 10.1. The summed E-state index contributed by atoms with van der Waals surface area (Å²) >= 11 is 7.84. The van der Waals surface area contributed by atoms with Crippen molar-refractivity contribution in [2.75, 3.05) is 36.0 Å². The van der Waals surface area contributed by atoms with Gasteiger partial charge in [0.2, 0.25) is 0 Å². The van der Waals surface area contributed by atoms with E-state index in [4.69, 9.17) is 21.6 Å². The van der Waals surface area contributed by atoms with Crippen molar-refractivity contribution in [3.8, 4) is 0 Å². The van der Waals surface area contributed by atoms with Gasteiger partial charge in [-0.3, -0.25) is 0 Å². The van der Waals surface area contributed by atoms with E-state index in [-0.39, 0.29) is 0 Å². The van der Waals surface area contributed by atoms with Gasteiger partial charge in [0.15, 0.2) is 0 Å². The Morgan fingerprint density at radius 2 is 1.55 bits per heavy atom. The fourth-order valence-corrected chi connectivity index (χ4v) is 5.35. The van der Waals surface area contributed by atoms with Crippen molar-refractivity contribution in [1.82, 2.24) is 9.97 Å². The minimum absolute atomic E-state index is 0.754. The number of anilines is 2. The zero-order valence-electron chi connectivity index (χ0n) is 17.8. The zero-order chi connectivity index (χ0) is 21.4. The fourth-order valence-electron chi connectivity index (χ4n) is 4.19. The molecule has 31 heavy (non-hydrogen) atoms. The Kier molecular flexibility index (Phi) is 5.55. The van der Waals surface area contributed by atoms with Gasteiger partial charge in [0.05, 0.1) is 5.39 Å². The van der Waals surface area contributed by atoms with Crippen molar-refractivity contribution in [2.45, 2.75) is 20.3 Å². The maximum absolute atomic E-state index is 6.06. The van der Waals surface area contributed by atoms with Crippen LogP contribution in [0, 0.1) is 13.8 Å². The second kappa shape index (κ2) is 8.48. The maximum Gasteiger partial charge on any atom is 0.141 e. The molecule has 4 aromatic rings. The minimum Gasteiger partial charge on any atom is -0.368 e. The standard InChI is InChI=1S/C25H25ClN4S/c1-17-18(2)31-25-23(17)24(27-22(28-25)16-19-6-4-3-5-7-19)30-14-12-29(13-15-30)21-10-8-20(26)9-11-21/h3-11H,12-16H2,1-2H3. The molecule has 1 aliphatic heterocycles. The Hall–Kier alpha value is -2.63. The largest absolute Gasteiger partial charge is 0.368 e. The summed E-state index contributed by atoms with van der Waals surface area (Å²) in [5.41, 5.74) is 3.77. The zero-order valence-corrected chi connectivity index (χ0v) is 19.4. The predicted molar refractivity (Wildman–Crippen MR) is 132 cm³/mol. The van der Waals surface area contributed by atoms with Crippen molar-refractivity contribution in [2.24, 2.45) is 0 Å². The van der Waals surface area contributed by atoms with Crippen molar-refractivity contribution in [1.29, 1.82) is 0 Å². The van der Waals surface area contributed by atoms with E-state index in [0.29, 0.717) is 0 Å². The number of halogens is 1. The lowest BCUT2D eigenvalue weighted by Gasteiger charge is -2.37. The van der Waals surface area contributed by atoms with E-state index in [1.54, 1.807) is 11.3 Å². The molecule has 0 atom stereocenters. The Bertz CT molecular complexity index is 1200. The van der Waals surface area contributed by atoms with Crippen LogP contribution < -0.4 is 9.80 Å². The third kappa shape index (κ3) is 4.12. The summed E-state index contributed by atoms with van der Waals surface area (Å²) in [5, 5.41) is 2.00. The van der Waals surface area contributed by atoms with Crippen LogP contribution in [0.25, 0.3) is 10.2 Å². The van der Waals surface area contributed by atoms with Gasteiger partial charge in [-0.25, -0.2) is 9.97 Å². The minimum atomic E-state index is 0.754. The predicted octanol–water partition coefficient (Wildman–Crippen LogP) is 5.88. The van der Waals surface area contributed by atoms with E-state index >= 15 is 0 Å². The summed E-state index contributed by atoms with van der Waals surface area (Å²) in [4.78, 5) is 17.3. The number of hydrogen-bond donors (Lipinski definition) is 0. The summed E-state index contributed by atoms with van der Waals surface area (Å²) in [6.45, 7) is 8.18. The van der Waals surface area contributed by atoms with Crippen LogP contribution in [-0.4, -0.2) is 36.1 Å². The number of hydrogen-bond acceptors (Lipinski definition) is 5. The van der Waals surface area contributed by atoms with E-state index in [9.17, 15) is 0 Å². The van der Waals surface area contributed by atoms with Crippen LogP contribution in [0.2, 0.25) is 5.02 Å². The topological polar surface area (TPSA) is 32.3 Å². The van der Waals surface area contributed by atoms with E-state index in [2.05, 4.69) is 60.0 Å². The van der Waals surface area contributed by atoms with Gasteiger partial charge in [-0.15, -0.1) is 11.3 Å². The summed E-state index contributed by atoms with van der Waals surface area (Å²) < 4.78 is 0. The molecule has 4 nitrogen and oxygen atoms in total. The molecule has 1 aliphatic rings. The SMILES string of the molecule is Cc1sc2nc(Cc3ccccc3)nc(N3CCN(c4ccc(Cl)cc4)CC3)c2c1C. The molecule has 0 bridgehead atoms. The molecular formula is C25H25ClN4S. The molecule has 1 fully saturated rings. The van der Waals surface area contributed by atoms with Crippen molar-refractivity contribution < 1.29 is 0 Å². The van der Waals surface area contributed by atoms with Crippen LogP contribution in [0.15, 0.2) is 54.6 Å². The number of aryl methyl sites for hydroxylation is 2. The van der Waals surface area contributed by atoms with Crippen molar-refractivity contribution >= 4 is 44.7 Å². The van der Waals surface area contributed by atoms with Gasteiger partial charge < -0.3 is 9.80 Å². The molecule has 0 N–H and O–H groups in total. The van der Waals surface area contributed by atoms with Crippen LogP contribution in [0.5, 0.6) is 0 Å². The summed E-state index contributed by atoms with van der Waals surface area (Å²) in [7, 11) is 0. The lowest BCUT2D eigenvalue weighted by Crippen LogP contribution is -2.47. The number of benzene rings is 2. The van der Waals surface area contributed by atoms with E-state index in [1.165, 1.54) is 27.1 Å². The van der Waals surface area contributed by atoms with Crippen LogP contribution in [0.3, 0.4) is 0 Å². The van der Waals surface area contributed by atoms with Crippen LogP contribution in [-0.2, 0) is 6.42 Å². The molecule has 0 spiro atoms. The second-order valence-electron chi connectivity index (χ2n) is 8.04. The highest BCUT2D eigenvalue weighted by Crippen LogP contribution is 2.36. The normalized spacial score (nSPS) is 14.4. The second-order valence-corrected chi connectivity index (χ2v) is 9.68. The number of aromatic nitrogens is 2. The van der Waals surface area contributed by atoms with Gasteiger partial charge in [-0.2, -0.15) is 0 Å². The van der Waals surface area contributed by atoms with Crippen LogP contribution >= 0.6 is 22.9 Å². The first-order chi connectivity index (χ1) is 15.1. The summed E-state index contributed by atoms with van der Waals surface area (Å²) in [5.74, 6) is 1.99. The van der Waals surface area contributed by atoms with E-state index < -0.39 is 0 Å². The molecule has 0 radical (unpaired) electrons. The average Bonchev–Trinajstić information content (AvgIpc) is 3.08. The van der Waals surface area contributed by atoms with Crippen molar-refractivity contribution in [3.05, 3.63) is 81.4 Å². The quantitative estimate of drug-likeness (QED) is 0.390. The highest BCUT2D eigenvalue weighted by atomic mass is 35.5. The average molecular weight is 449 g/mol. The summed E-state index contributed by atoms with van der Waals surface area (Å²) in [6, 6.07) is 18.6. The number of fused-ring (bicyclic) bond motifs is 1. The molecule has 0 unspecified atom stereocenters. The number of rotatable bonds is 4. The molecular weight excluding hydrogens is 424 g/mol. The van der Waals surface area contributed by atoms with E-state index in [1.807, 2.05) is 18.2 Å². The molecule has 0 aliphatic carbocycles. The molecule has 158 valence electrons. The number of piperazine rings is 1. The molecule has 0 amide bonds.